The average molecular weight is 551 g/mol. The number of allylic oxidation sites excluding steroid dienone is 6. The molecule has 204 valence electrons. The highest BCUT2D eigenvalue weighted by atomic mass is 15.2. The molecule has 0 bridgehead atoms. The molecule has 2 heterocycles. The minimum atomic E-state index is 0.941. The Kier molecular flexibility index (Phi) is 6.23. The van der Waals surface area contributed by atoms with Gasteiger partial charge < -0.3 is 9.80 Å². The fourth-order valence-corrected chi connectivity index (χ4v) is 6.26. The summed E-state index contributed by atoms with van der Waals surface area (Å²) in [6.07, 6.45) is 18.8. The third-order valence-corrected chi connectivity index (χ3v) is 8.38. The van der Waals surface area contributed by atoms with E-state index in [2.05, 4.69) is 180 Å². The third kappa shape index (κ3) is 4.54. The first-order chi connectivity index (χ1) is 21.3. The maximum absolute atomic E-state index is 2.38. The van der Waals surface area contributed by atoms with Crippen molar-refractivity contribution in [2.24, 2.45) is 0 Å². The highest BCUT2D eigenvalue weighted by Gasteiger charge is 2.21. The van der Waals surface area contributed by atoms with E-state index in [1.807, 2.05) is 0 Å². The van der Waals surface area contributed by atoms with Gasteiger partial charge in [0.2, 0.25) is 0 Å². The minimum Gasteiger partial charge on any atom is -0.309 e. The van der Waals surface area contributed by atoms with Crippen LogP contribution in [0.15, 0.2) is 163 Å². The Balaban J connectivity index is 1.15. The molecule has 2 aliphatic heterocycles. The van der Waals surface area contributed by atoms with E-state index < -0.39 is 0 Å². The molecule has 5 aromatic carbocycles. The number of hydrogen-bond donors (Lipinski definition) is 0. The van der Waals surface area contributed by atoms with Gasteiger partial charge >= 0.3 is 0 Å². The lowest BCUT2D eigenvalue weighted by Crippen LogP contribution is -2.16. The second kappa shape index (κ2) is 10.7. The van der Waals surface area contributed by atoms with Crippen molar-refractivity contribution in [3.63, 3.8) is 0 Å². The van der Waals surface area contributed by atoms with Crippen LogP contribution in [-0.4, -0.2) is 0 Å². The Hall–Kier alpha value is -5.60. The zero-order chi connectivity index (χ0) is 28.6. The van der Waals surface area contributed by atoms with E-state index >= 15 is 0 Å². The molecule has 5 aromatic rings. The highest BCUT2D eigenvalue weighted by molar-refractivity contribution is 5.93. The lowest BCUT2D eigenvalue weighted by molar-refractivity contribution is 1.19. The Morgan fingerprint density at radius 2 is 0.814 bits per heavy atom. The Labute approximate surface area is 253 Å². The van der Waals surface area contributed by atoms with Crippen LogP contribution < -0.4 is 9.80 Å². The van der Waals surface area contributed by atoms with Crippen LogP contribution in [0.5, 0.6) is 0 Å². The van der Waals surface area contributed by atoms with Crippen LogP contribution in [0.3, 0.4) is 0 Å². The second-order valence-electron chi connectivity index (χ2n) is 11.0. The van der Waals surface area contributed by atoms with Gasteiger partial charge in [-0.05, 0) is 88.4 Å². The molecular formula is C41H30N2. The van der Waals surface area contributed by atoms with Crippen LogP contribution >= 0.6 is 0 Å². The van der Waals surface area contributed by atoms with Gasteiger partial charge in [-0.25, -0.2) is 0 Å². The van der Waals surface area contributed by atoms with Crippen LogP contribution in [0, 0.1) is 0 Å². The predicted octanol–water partition coefficient (Wildman–Crippen LogP) is 11.2. The quantitative estimate of drug-likeness (QED) is 0.216. The number of fused-ring (bicyclic) bond motifs is 3. The number of rotatable bonds is 3. The standard InChI is InChI=1S/C41H30N2/c1-2-10-32-18-19-33-11-4-7-15-39(33)42(38(32)14-3-1)36-26-22-30(23-27-36)31-24-28-37(29-25-31)43-40-16-8-5-12-34(40)20-21-35-13-6-9-17-41(35)43/h2-29H,1H2. The lowest BCUT2D eigenvalue weighted by Gasteiger charge is -2.28. The highest BCUT2D eigenvalue weighted by Crippen LogP contribution is 2.43. The zero-order valence-electron chi connectivity index (χ0n) is 23.8. The molecule has 0 N–H and O–H groups in total. The van der Waals surface area contributed by atoms with E-state index in [0.29, 0.717) is 0 Å². The fraction of sp³-hybridized carbons (Fsp3) is 0.0244. The molecule has 0 radical (unpaired) electrons. The van der Waals surface area contributed by atoms with Gasteiger partial charge in [-0.1, -0.05) is 121 Å². The summed E-state index contributed by atoms with van der Waals surface area (Å²) in [5.41, 5.74) is 14.3. The van der Waals surface area contributed by atoms with Gasteiger partial charge in [-0.3, -0.25) is 0 Å². The Bertz CT molecular complexity index is 1940. The Morgan fingerprint density at radius 1 is 0.372 bits per heavy atom. The van der Waals surface area contributed by atoms with Crippen molar-refractivity contribution in [2.45, 2.75) is 6.42 Å². The molecule has 0 fully saturated rings. The minimum absolute atomic E-state index is 0.941. The van der Waals surface area contributed by atoms with Gasteiger partial charge in [-0.15, -0.1) is 0 Å². The summed E-state index contributed by atoms with van der Waals surface area (Å²) >= 11 is 0. The molecule has 2 nitrogen and oxygen atoms in total. The lowest BCUT2D eigenvalue weighted by atomic mass is 10.0. The van der Waals surface area contributed by atoms with Gasteiger partial charge in [0.15, 0.2) is 0 Å². The molecule has 1 aliphatic carbocycles. The van der Waals surface area contributed by atoms with Gasteiger partial charge in [0.05, 0.1) is 22.8 Å². The number of para-hydroxylation sites is 3. The van der Waals surface area contributed by atoms with E-state index in [0.717, 1.165) is 17.8 Å². The average Bonchev–Trinajstić information content (AvgIpc) is 3.46. The summed E-state index contributed by atoms with van der Waals surface area (Å²) < 4.78 is 0. The van der Waals surface area contributed by atoms with Crippen LogP contribution in [0.25, 0.3) is 29.4 Å². The summed E-state index contributed by atoms with van der Waals surface area (Å²) in [6.45, 7) is 0. The first-order valence-corrected chi connectivity index (χ1v) is 14.8. The SMILES string of the molecule is C1=CC2=C(C=CC1)N(c1ccc(-c3ccc(N4c5ccccc5C=Cc5ccccc54)cc3)cc1)c1ccccc1C=C2. The second-order valence-corrected chi connectivity index (χ2v) is 11.0. The van der Waals surface area contributed by atoms with Gasteiger partial charge in [0.1, 0.15) is 0 Å². The van der Waals surface area contributed by atoms with Crippen LogP contribution in [0.2, 0.25) is 0 Å². The summed E-state index contributed by atoms with van der Waals surface area (Å²) in [4.78, 5) is 4.74. The topological polar surface area (TPSA) is 6.48 Å². The van der Waals surface area contributed by atoms with Crippen molar-refractivity contribution in [3.8, 4) is 11.1 Å². The molecule has 0 unspecified atom stereocenters. The van der Waals surface area contributed by atoms with E-state index in [1.165, 1.54) is 56.1 Å². The predicted molar refractivity (Wildman–Crippen MR) is 183 cm³/mol. The zero-order valence-corrected chi connectivity index (χ0v) is 23.8. The van der Waals surface area contributed by atoms with Crippen molar-refractivity contribution in [1.29, 1.82) is 0 Å². The summed E-state index contributed by atoms with van der Waals surface area (Å²) in [6, 6.07) is 43.7. The van der Waals surface area contributed by atoms with E-state index in [1.54, 1.807) is 0 Å². The molecule has 0 spiro atoms. The largest absolute Gasteiger partial charge is 0.309 e. The maximum atomic E-state index is 2.38. The summed E-state index contributed by atoms with van der Waals surface area (Å²) in [5.74, 6) is 0. The van der Waals surface area contributed by atoms with Crippen LogP contribution in [0.1, 0.15) is 23.1 Å². The summed E-state index contributed by atoms with van der Waals surface area (Å²) in [7, 11) is 0. The molecule has 2 heteroatoms. The number of hydrogen-bond acceptors (Lipinski definition) is 2. The number of benzene rings is 5. The third-order valence-electron chi connectivity index (χ3n) is 8.38. The first kappa shape index (κ1) is 25.1. The van der Waals surface area contributed by atoms with E-state index in [-0.39, 0.29) is 0 Å². The molecule has 43 heavy (non-hydrogen) atoms. The van der Waals surface area contributed by atoms with Crippen molar-refractivity contribution >= 4 is 46.7 Å². The maximum Gasteiger partial charge on any atom is 0.0534 e. The van der Waals surface area contributed by atoms with Crippen LogP contribution in [-0.2, 0) is 0 Å². The molecule has 0 saturated carbocycles. The van der Waals surface area contributed by atoms with Crippen LogP contribution in [0.4, 0.5) is 28.4 Å². The summed E-state index contributed by atoms with van der Waals surface area (Å²) in [5, 5.41) is 0. The van der Waals surface area contributed by atoms with E-state index in [9.17, 15) is 0 Å². The van der Waals surface area contributed by atoms with Gasteiger partial charge in [-0.2, -0.15) is 0 Å². The number of anilines is 5. The molecule has 0 atom stereocenters. The first-order valence-electron chi connectivity index (χ1n) is 14.8. The molecule has 0 saturated heterocycles. The fourth-order valence-electron chi connectivity index (χ4n) is 6.26. The van der Waals surface area contributed by atoms with Gasteiger partial charge in [0, 0.05) is 11.4 Å². The Morgan fingerprint density at radius 3 is 1.37 bits per heavy atom. The molecule has 0 aromatic heterocycles. The molecular weight excluding hydrogens is 520 g/mol. The van der Waals surface area contributed by atoms with E-state index in [4.69, 9.17) is 0 Å². The van der Waals surface area contributed by atoms with Crippen molar-refractivity contribution in [3.05, 3.63) is 180 Å². The van der Waals surface area contributed by atoms with Crippen molar-refractivity contribution < 1.29 is 0 Å². The smallest absolute Gasteiger partial charge is 0.0534 e. The molecule has 0 amide bonds. The monoisotopic (exact) mass is 550 g/mol. The van der Waals surface area contributed by atoms with Crippen molar-refractivity contribution in [2.75, 3.05) is 9.80 Å². The molecule has 8 rings (SSSR count). The van der Waals surface area contributed by atoms with Crippen molar-refractivity contribution in [1.82, 2.24) is 0 Å². The normalized spacial score (nSPS) is 14.8. The number of nitrogens with zero attached hydrogens (tertiary/aromatic N) is 2. The van der Waals surface area contributed by atoms with Gasteiger partial charge in [0.25, 0.3) is 0 Å². The molecule has 3 aliphatic rings.